The van der Waals surface area contributed by atoms with Gasteiger partial charge in [0.1, 0.15) is 11.9 Å². The highest BCUT2D eigenvalue weighted by atomic mass is 35.5. The number of hydrogen-bond acceptors (Lipinski definition) is 4. The zero-order chi connectivity index (χ0) is 24.5. The van der Waals surface area contributed by atoms with E-state index in [4.69, 9.17) is 11.6 Å². The van der Waals surface area contributed by atoms with E-state index in [1.165, 1.54) is 11.9 Å². The second-order valence-electron chi connectivity index (χ2n) is 8.39. The number of carbonyl (C=O) groups excluding carboxylic acids is 2. The molecule has 0 radical (unpaired) electrons. The third kappa shape index (κ3) is 5.58. The summed E-state index contributed by atoms with van der Waals surface area (Å²) in [6.45, 7) is 6.05. The molecule has 3 rings (SSSR count). The number of aromatic nitrogens is 1. The van der Waals surface area contributed by atoms with E-state index in [0.717, 1.165) is 28.4 Å². The van der Waals surface area contributed by atoms with Gasteiger partial charge in [-0.15, -0.1) is 0 Å². The number of carbonyl (C=O) groups is 2. The maximum atomic E-state index is 13.1. The van der Waals surface area contributed by atoms with Crippen molar-refractivity contribution in [2.24, 2.45) is 0 Å². The zero-order valence-corrected chi connectivity index (χ0v) is 19.6. The van der Waals surface area contributed by atoms with Crippen LogP contribution in [0.25, 0.3) is 0 Å². The summed E-state index contributed by atoms with van der Waals surface area (Å²) >= 11 is 6.09. The number of pyridine rings is 1. The smallest absolute Gasteiger partial charge is 0.343 e. The molecule has 6 nitrogen and oxygen atoms in total. The Labute approximate surface area is 195 Å². The first kappa shape index (κ1) is 24.8. The van der Waals surface area contributed by atoms with Crippen LogP contribution in [0, 0.1) is 20.8 Å². The zero-order valence-electron chi connectivity index (χ0n) is 18.9. The van der Waals surface area contributed by atoms with Crippen molar-refractivity contribution in [3.8, 4) is 0 Å². The molecule has 0 spiro atoms. The normalized spacial score (nSPS) is 16.1. The summed E-state index contributed by atoms with van der Waals surface area (Å²) in [5, 5.41) is 2.70. The number of halogens is 4. The van der Waals surface area contributed by atoms with Gasteiger partial charge in [-0.05, 0) is 50.8 Å². The summed E-state index contributed by atoms with van der Waals surface area (Å²) in [7, 11) is 1.52. The molecule has 1 aliphatic rings. The minimum absolute atomic E-state index is 0.129. The van der Waals surface area contributed by atoms with Crippen LogP contribution in [0.3, 0.4) is 0 Å². The van der Waals surface area contributed by atoms with Gasteiger partial charge in [0.2, 0.25) is 11.8 Å². The van der Waals surface area contributed by atoms with Crippen molar-refractivity contribution >= 4 is 34.9 Å². The number of benzene rings is 1. The molecular formula is C23H26ClF3N4O2. The van der Waals surface area contributed by atoms with Crippen molar-refractivity contribution in [2.45, 2.75) is 45.8 Å². The number of alkyl halides is 3. The predicted molar refractivity (Wildman–Crippen MR) is 122 cm³/mol. The first-order valence-electron chi connectivity index (χ1n) is 10.5. The van der Waals surface area contributed by atoms with Crippen molar-refractivity contribution < 1.29 is 22.8 Å². The largest absolute Gasteiger partial charge is 0.417 e. The molecule has 1 aromatic carbocycles. The van der Waals surface area contributed by atoms with E-state index in [1.54, 1.807) is 4.90 Å². The standard InChI is InChI=1S/C23H26ClF3N4O2/c1-13-8-14(2)20(15(3)9-13)29-19(32)12-30(4)22(33)18-6-5-7-31(18)21-17(24)10-16(11-28-21)23(25,26)27/h8-11,18H,5-7,12H2,1-4H3,(H,29,32)/t18-/m0/s1. The van der Waals surface area contributed by atoms with Crippen LogP contribution in [0.4, 0.5) is 24.7 Å². The fourth-order valence-corrected chi connectivity index (χ4v) is 4.45. The molecule has 1 aliphatic heterocycles. The Morgan fingerprint density at radius 3 is 2.42 bits per heavy atom. The average Bonchev–Trinajstić information content (AvgIpc) is 3.18. The van der Waals surface area contributed by atoms with E-state index in [1.807, 2.05) is 32.9 Å². The number of nitrogens with one attached hydrogen (secondary N) is 1. The highest BCUT2D eigenvalue weighted by Crippen LogP contribution is 2.36. The van der Waals surface area contributed by atoms with E-state index in [0.29, 0.717) is 25.6 Å². The van der Waals surface area contributed by atoms with Gasteiger partial charge in [-0.2, -0.15) is 13.2 Å². The molecule has 1 saturated heterocycles. The minimum Gasteiger partial charge on any atom is -0.343 e. The van der Waals surface area contributed by atoms with Gasteiger partial charge >= 0.3 is 6.18 Å². The fraction of sp³-hybridized carbons (Fsp3) is 0.435. The number of hydrogen-bond donors (Lipinski definition) is 1. The summed E-state index contributed by atoms with van der Waals surface area (Å²) in [5.41, 5.74) is 2.72. The lowest BCUT2D eigenvalue weighted by molar-refractivity contribution is -0.137. The molecule has 2 aromatic rings. The average molecular weight is 483 g/mol. The van der Waals surface area contributed by atoms with E-state index in [2.05, 4.69) is 10.3 Å². The molecule has 1 fully saturated rings. The molecule has 0 saturated carbocycles. The highest BCUT2D eigenvalue weighted by molar-refractivity contribution is 6.33. The van der Waals surface area contributed by atoms with E-state index in [9.17, 15) is 22.8 Å². The van der Waals surface area contributed by atoms with Gasteiger partial charge in [0.05, 0.1) is 17.1 Å². The fourth-order valence-electron chi connectivity index (χ4n) is 4.18. The van der Waals surface area contributed by atoms with Crippen LogP contribution in [0.1, 0.15) is 35.1 Å². The summed E-state index contributed by atoms with van der Waals surface area (Å²) in [6, 6.07) is 4.09. The number of amides is 2. The molecule has 178 valence electrons. The second kappa shape index (κ2) is 9.59. The summed E-state index contributed by atoms with van der Waals surface area (Å²) in [4.78, 5) is 32.5. The molecule has 10 heteroatoms. The van der Waals surface area contributed by atoms with E-state index >= 15 is 0 Å². The number of nitrogens with zero attached hydrogens (tertiary/aromatic N) is 3. The molecular weight excluding hydrogens is 457 g/mol. The van der Waals surface area contributed by atoms with Gasteiger partial charge in [-0.1, -0.05) is 29.3 Å². The maximum absolute atomic E-state index is 13.1. The quantitative estimate of drug-likeness (QED) is 0.668. The van der Waals surface area contributed by atoms with Crippen LogP contribution in [-0.4, -0.2) is 47.9 Å². The van der Waals surface area contributed by atoms with Crippen LogP contribution < -0.4 is 10.2 Å². The maximum Gasteiger partial charge on any atom is 0.417 e. The van der Waals surface area contributed by atoms with Gasteiger partial charge in [0, 0.05) is 25.5 Å². The third-order valence-electron chi connectivity index (χ3n) is 5.66. The number of aryl methyl sites for hydroxylation is 3. The van der Waals surface area contributed by atoms with Crippen molar-refractivity contribution in [3.05, 3.63) is 51.7 Å². The molecule has 2 heterocycles. The Morgan fingerprint density at radius 1 is 1.21 bits per heavy atom. The van der Waals surface area contributed by atoms with Gasteiger partial charge in [-0.3, -0.25) is 9.59 Å². The lowest BCUT2D eigenvalue weighted by Crippen LogP contribution is -2.46. The summed E-state index contributed by atoms with van der Waals surface area (Å²) < 4.78 is 38.8. The van der Waals surface area contributed by atoms with Gasteiger partial charge < -0.3 is 15.1 Å². The summed E-state index contributed by atoms with van der Waals surface area (Å²) in [5.74, 6) is -0.529. The molecule has 2 amide bonds. The van der Waals surface area contributed by atoms with Crippen LogP contribution in [0.2, 0.25) is 5.02 Å². The molecule has 0 aliphatic carbocycles. The van der Waals surface area contributed by atoms with Gasteiger partial charge in [0.15, 0.2) is 0 Å². The van der Waals surface area contributed by atoms with Gasteiger partial charge in [-0.25, -0.2) is 4.98 Å². The monoisotopic (exact) mass is 482 g/mol. The summed E-state index contributed by atoms with van der Waals surface area (Å²) in [6.07, 6.45) is -2.71. The molecule has 0 bridgehead atoms. The van der Waals surface area contributed by atoms with Crippen LogP contribution in [-0.2, 0) is 15.8 Å². The lowest BCUT2D eigenvalue weighted by Gasteiger charge is -2.29. The minimum atomic E-state index is -4.56. The number of anilines is 2. The Kier molecular flexibility index (Phi) is 7.21. The topological polar surface area (TPSA) is 65.5 Å². The van der Waals surface area contributed by atoms with Crippen molar-refractivity contribution in [3.63, 3.8) is 0 Å². The van der Waals surface area contributed by atoms with Crippen molar-refractivity contribution in [1.82, 2.24) is 9.88 Å². The Morgan fingerprint density at radius 2 is 1.85 bits per heavy atom. The molecule has 1 aromatic heterocycles. The second-order valence-corrected chi connectivity index (χ2v) is 8.80. The Bertz CT molecular complexity index is 1050. The van der Waals surface area contributed by atoms with Crippen LogP contribution >= 0.6 is 11.6 Å². The number of likely N-dealkylation sites (N-methyl/N-ethyl adjacent to an activating group) is 1. The molecule has 33 heavy (non-hydrogen) atoms. The molecule has 1 N–H and O–H groups in total. The Hall–Kier alpha value is -2.81. The van der Waals surface area contributed by atoms with Gasteiger partial charge in [0.25, 0.3) is 0 Å². The van der Waals surface area contributed by atoms with E-state index in [-0.39, 0.29) is 29.2 Å². The predicted octanol–water partition coefficient (Wildman–Crippen LogP) is 4.74. The molecule has 0 unspecified atom stereocenters. The van der Waals surface area contributed by atoms with Crippen molar-refractivity contribution in [2.75, 3.05) is 30.4 Å². The Balaban J connectivity index is 1.70. The first-order chi connectivity index (χ1) is 15.4. The highest BCUT2D eigenvalue weighted by Gasteiger charge is 2.37. The molecule has 1 atom stereocenters. The van der Waals surface area contributed by atoms with Crippen molar-refractivity contribution in [1.29, 1.82) is 0 Å². The van der Waals surface area contributed by atoms with Crippen LogP contribution in [0.5, 0.6) is 0 Å². The first-order valence-corrected chi connectivity index (χ1v) is 10.9. The van der Waals surface area contributed by atoms with Crippen LogP contribution in [0.15, 0.2) is 24.4 Å². The van der Waals surface area contributed by atoms with E-state index < -0.39 is 17.8 Å². The third-order valence-corrected chi connectivity index (χ3v) is 5.94. The SMILES string of the molecule is Cc1cc(C)c(NC(=O)CN(C)C(=O)[C@@H]2CCCN2c2ncc(C(F)(F)F)cc2Cl)c(C)c1. The lowest BCUT2D eigenvalue weighted by atomic mass is 10.1. The number of rotatable bonds is 5.